The van der Waals surface area contributed by atoms with Gasteiger partial charge in [0.1, 0.15) is 17.4 Å². The van der Waals surface area contributed by atoms with Gasteiger partial charge in [0, 0.05) is 38.4 Å². The van der Waals surface area contributed by atoms with E-state index in [-0.39, 0.29) is 17.5 Å². The van der Waals surface area contributed by atoms with Crippen LogP contribution < -0.4 is 10.1 Å². The molecule has 1 amide bonds. The summed E-state index contributed by atoms with van der Waals surface area (Å²) in [4.78, 5) is 16.3. The molecule has 128 valence electrons. The highest BCUT2D eigenvalue weighted by molar-refractivity contribution is 5.97. The number of methoxy groups -OCH3 is 1. The number of nitrogens with zero attached hydrogens (tertiary/aromatic N) is 3. The number of ether oxygens (including phenoxy) is 1. The number of likely N-dealkylation sites (N-methyl/N-ethyl adjacent to an activating group) is 1. The molecule has 1 atom stereocenters. The van der Waals surface area contributed by atoms with E-state index in [2.05, 4.69) is 10.2 Å². The number of carbonyl (C=O) groups is 1. The molecule has 1 aromatic carbocycles. The van der Waals surface area contributed by atoms with Gasteiger partial charge in [0.05, 0.1) is 7.11 Å². The van der Waals surface area contributed by atoms with Gasteiger partial charge in [-0.15, -0.1) is 0 Å². The van der Waals surface area contributed by atoms with E-state index in [1.807, 2.05) is 44.3 Å². The first-order valence-corrected chi connectivity index (χ1v) is 8.03. The van der Waals surface area contributed by atoms with Gasteiger partial charge in [-0.25, -0.2) is 0 Å². The predicted molar refractivity (Wildman–Crippen MR) is 92.3 cm³/mol. The van der Waals surface area contributed by atoms with Crippen molar-refractivity contribution >= 4 is 5.91 Å². The Morgan fingerprint density at radius 1 is 1.29 bits per heavy atom. The molecule has 2 rings (SSSR count). The molecule has 24 heavy (non-hydrogen) atoms. The second-order valence-electron chi connectivity index (χ2n) is 5.93. The maximum atomic E-state index is 12.4. The Morgan fingerprint density at radius 2 is 1.92 bits per heavy atom. The molecule has 6 nitrogen and oxygen atoms in total. The molecule has 0 aromatic heterocycles. The molecule has 1 aromatic rings. The third-order valence-corrected chi connectivity index (χ3v) is 4.23. The van der Waals surface area contributed by atoms with Crippen molar-refractivity contribution in [1.82, 2.24) is 15.1 Å². The van der Waals surface area contributed by atoms with Crippen LogP contribution >= 0.6 is 0 Å². The van der Waals surface area contributed by atoms with Gasteiger partial charge in [0.25, 0.3) is 5.91 Å². The lowest BCUT2D eigenvalue weighted by Gasteiger charge is -2.32. The Bertz CT molecular complexity index is 625. The highest BCUT2D eigenvalue weighted by atomic mass is 16.5. The summed E-state index contributed by atoms with van der Waals surface area (Å²) < 4.78 is 5.14. The summed E-state index contributed by atoms with van der Waals surface area (Å²) >= 11 is 0. The van der Waals surface area contributed by atoms with Crippen LogP contribution in [-0.2, 0) is 4.79 Å². The molecular formula is C18H24N4O2. The fourth-order valence-corrected chi connectivity index (χ4v) is 2.52. The Morgan fingerprint density at radius 3 is 2.46 bits per heavy atom. The van der Waals surface area contributed by atoms with Gasteiger partial charge in [0.2, 0.25) is 0 Å². The molecular weight excluding hydrogens is 304 g/mol. The Kier molecular flexibility index (Phi) is 6.21. The number of hydrogen-bond acceptors (Lipinski definition) is 5. The van der Waals surface area contributed by atoms with E-state index in [1.165, 1.54) is 6.20 Å². The zero-order valence-corrected chi connectivity index (χ0v) is 14.5. The number of nitrogens with one attached hydrogen (secondary N) is 1. The van der Waals surface area contributed by atoms with Gasteiger partial charge in [-0.2, -0.15) is 5.26 Å². The van der Waals surface area contributed by atoms with E-state index < -0.39 is 0 Å². The summed E-state index contributed by atoms with van der Waals surface area (Å²) in [6.07, 6.45) is 1.52. The minimum absolute atomic E-state index is 0.0143. The number of piperazine rings is 1. The van der Waals surface area contributed by atoms with Crippen LogP contribution in [0.1, 0.15) is 18.5 Å². The molecule has 1 unspecified atom stereocenters. The molecule has 1 saturated heterocycles. The van der Waals surface area contributed by atoms with Crippen LogP contribution in [0.15, 0.2) is 36.0 Å². The molecule has 1 aliphatic heterocycles. The van der Waals surface area contributed by atoms with Crippen LogP contribution in [0.2, 0.25) is 0 Å². The molecule has 1 N–H and O–H groups in total. The average molecular weight is 328 g/mol. The summed E-state index contributed by atoms with van der Waals surface area (Å²) in [5, 5.41) is 12.4. The second kappa shape index (κ2) is 8.37. The molecule has 0 radical (unpaired) electrons. The van der Waals surface area contributed by atoms with Crippen LogP contribution in [0.4, 0.5) is 0 Å². The Balaban J connectivity index is 1.99. The van der Waals surface area contributed by atoms with E-state index in [0.29, 0.717) is 13.1 Å². The topological polar surface area (TPSA) is 68.6 Å². The Labute approximate surface area is 143 Å². The number of amides is 1. The zero-order valence-electron chi connectivity index (χ0n) is 14.5. The quantitative estimate of drug-likeness (QED) is 0.656. The van der Waals surface area contributed by atoms with Gasteiger partial charge in [0.15, 0.2) is 0 Å². The summed E-state index contributed by atoms with van der Waals surface area (Å²) in [5.41, 5.74) is 1.19. The van der Waals surface area contributed by atoms with Crippen LogP contribution in [-0.4, -0.2) is 56.0 Å². The molecule has 0 saturated carbocycles. The lowest BCUT2D eigenvalue weighted by Crippen LogP contribution is -2.47. The van der Waals surface area contributed by atoms with E-state index >= 15 is 0 Å². The fourth-order valence-electron chi connectivity index (χ4n) is 2.52. The van der Waals surface area contributed by atoms with Crippen molar-refractivity contribution in [2.75, 3.05) is 40.3 Å². The number of hydrogen-bond donors (Lipinski definition) is 1. The van der Waals surface area contributed by atoms with Crippen LogP contribution in [0.3, 0.4) is 0 Å². The fraction of sp³-hybridized carbons (Fsp3) is 0.444. The van der Waals surface area contributed by atoms with Crippen LogP contribution in [0.25, 0.3) is 0 Å². The van der Waals surface area contributed by atoms with E-state index in [1.54, 1.807) is 12.0 Å². The SMILES string of the molecule is COc1ccc(C(C)N/C=C(/C#N)C(=O)N2CCN(C)CC2)cc1. The van der Waals surface area contributed by atoms with Gasteiger partial charge >= 0.3 is 0 Å². The van der Waals surface area contributed by atoms with Crippen molar-refractivity contribution in [2.24, 2.45) is 0 Å². The first-order chi connectivity index (χ1) is 11.5. The highest BCUT2D eigenvalue weighted by Gasteiger charge is 2.22. The van der Waals surface area contributed by atoms with Crippen molar-refractivity contribution in [2.45, 2.75) is 13.0 Å². The number of benzene rings is 1. The van der Waals surface area contributed by atoms with Crippen molar-refractivity contribution < 1.29 is 9.53 Å². The van der Waals surface area contributed by atoms with Gasteiger partial charge in [-0.1, -0.05) is 12.1 Å². The maximum Gasteiger partial charge on any atom is 0.266 e. The third kappa shape index (κ3) is 4.49. The Hall–Kier alpha value is -2.52. The van der Waals surface area contributed by atoms with Gasteiger partial charge < -0.3 is 19.9 Å². The number of nitriles is 1. The third-order valence-electron chi connectivity index (χ3n) is 4.23. The lowest BCUT2D eigenvalue weighted by molar-refractivity contribution is -0.128. The first kappa shape index (κ1) is 17.8. The normalized spacial score (nSPS) is 17.1. The largest absolute Gasteiger partial charge is 0.497 e. The molecule has 1 aliphatic rings. The summed E-state index contributed by atoms with van der Waals surface area (Å²) in [7, 11) is 3.66. The van der Waals surface area contributed by atoms with Crippen LogP contribution in [0.5, 0.6) is 5.75 Å². The van der Waals surface area contributed by atoms with Crippen LogP contribution in [0, 0.1) is 11.3 Å². The van der Waals surface area contributed by atoms with Crippen molar-refractivity contribution in [3.05, 3.63) is 41.6 Å². The summed E-state index contributed by atoms with van der Waals surface area (Å²) in [6, 6.07) is 9.68. The highest BCUT2D eigenvalue weighted by Crippen LogP contribution is 2.17. The monoisotopic (exact) mass is 328 g/mol. The summed E-state index contributed by atoms with van der Waals surface area (Å²) in [5.74, 6) is 0.587. The molecule has 1 fully saturated rings. The average Bonchev–Trinajstić information content (AvgIpc) is 2.62. The predicted octanol–water partition coefficient (Wildman–Crippen LogP) is 1.53. The van der Waals surface area contributed by atoms with Crippen molar-refractivity contribution in [3.63, 3.8) is 0 Å². The molecule has 1 heterocycles. The smallest absolute Gasteiger partial charge is 0.266 e. The molecule has 0 aliphatic carbocycles. The minimum Gasteiger partial charge on any atom is -0.497 e. The van der Waals surface area contributed by atoms with E-state index in [4.69, 9.17) is 4.74 Å². The van der Waals surface area contributed by atoms with Crippen molar-refractivity contribution in [3.8, 4) is 11.8 Å². The molecule has 0 bridgehead atoms. The first-order valence-electron chi connectivity index (χ1n) is 8.03. The summed E-state index contributed by atoms with van der Waals surface area (Å²) in [6.45, 7) is 4.96. The number of carbonyl (C=O) groups excluding carboxylic acids is 1. The molecule has 6 heteroatoms. The van der Waals surface area contributed by atoms with Crippen molar-refractivity contribution in [1.29, 1.82) is 5.26 Å². The standard InChI is InChI=1S/C18H24N4O2/c1-14(15-4-6-17(24-3)7-5-15)20-13-16(12-19)18(23)22-10-8-21(2)9-11-22/h4-7,13-14,20H,8-11H2,1-3H3/b16-13-. The molecule has 0 spiro atoms. The number of rotatable bonds is 5. The second-order valence-corrected chi connectivity index (χ2v) is 5.93. The van der Waals surface area contributed by atoms with E-state index in [0.717, 1.165) is 24.4 Å². The van der Waals surface area contributed by atoms with Gasteiger partial charge in [-0.05, 0) is 31.7 Å². The van der Waals surface area contributed by atoms with E-state index in [9.17, 15) is 10.1 Å². The maximum absolute atomic E-state index is 12.4. The lowest BCUT2D eigenvalue weighted by atomic mass is 10.1. The minimum atomic E-state index is -0.208. The van der Waals surface area contributed by atoms with Gasteiger partial charge in [-0.3, -0.25) is 4.79 Å². The zero-order chi connectivity index (χ0) is 17.5.